The summed E-state index contributed by atoms with van der Waals surface area (Å²) in [6, 6.07) is 7.05. The van der Waals surface area contributed by atoms with Crippen molar-refractivity contribution in [1.82, 2.24) is 0 Å². The van der Waals surface area contributed by atoms with Crippen molar-refractivity contribution >= 4 is 38.3 Å². The van der Waals surface area contributed by atoms with Gasteiger partial charge in [-0.2, -0.15) is 0 Å². The van der Waals surface area contributed by atoms with E-state index >= 15 is 0 Å². The number of halogens is 1. The van der Waals surface area contributed by atoms with E-state index in [0.717, 1.165) is 34.2 Å². The van der Waals surface area contributed by atoms with Gasteiger partial charge in [0.25, 0.3) is 0 Å². The number of thioether (sulfide) groups is 1. The van der Waals surface area contributed by atoms with Crippen LogP contribution in [0.1, 0.15) is 19.3 Å². The van der Waals surface area contributed by atoms with Crippen molar-refractivity contribution in [2.45, 2.75) is 24.2 Å². The number of hydrogen-bond acceptors (Lipinski definition) is 4. The maximum absolute atomic E-state index is 12.7. The molecule has 0 radical (unpaired) electrons. The first-order valence-corrected chi connectivity index (χ1v) is 10.2. The number of rotatable bonds is 3. The maximum atomic E-state index is 12.7. The molecule has 0 heterocycles. The van der Waals surface area contributed by atoms with Crippen LogP contribution in [-0.4, -0.2) is 19.8 Å². The fourth-order valence-corrected chi connectivity index (χ4v) is 4.73. The summed E-state index contributed by atoms with van der Waals surface area (Å²) >= 11 is 6.97. The van der Waals surface area contributed by atoms with Gasteiger partial charge in [-0.1, -0.05) is 23.8 Å². The van der Waals surface area contributed by atoms with Crippen molar-refractivity contribution in [3.8, 4) is 0 Å². The third-order valence-electron chi connectivity index (χ3n) is 3.89. The second kappa shape index (κ2) is 6.30. The fraction of sp³-hybridized carbons (Fsp3) is 0.235. The van der Waals surface area contributed by atoms with Crippen molar-refractivity contribution in [2.24, 2.45) is 0 Å². The summed E-state index contributed by atoms with van der Waals surface area (Å²) in [5.74, 6) is 0. The summed E-state index contributed by atoms with van der Waals surface area (Å²) in [6.45, 7) is 0. The summed E-state index contributed by atoms with van der Waals surface area (Å²) < 4.78 is 24.0. The Bertz CT molecular complexity index is 860. The molecule has 0 N–H and O–H groups in total. The van der Waals surface area contributed by atoms with Gasteiger partial charge < -0.3 is 0 Å². The molecule has 23 heavy (non-hydrogen) atoms. The van der Waals surface area contributed by atoms with Crippen molar-refractivity contribution in [2.75, 3.05) is 6.26 Å². The molecule has 0 amide bonds. The average Bonchev–Trinajstić information content (AvgIpc) is 2.89. The number of sulfone groups is 1. The van der Waals surface area contributed by atoms with Gasteiger partial charge in [-0.25, -0.2) is 8.42 Å². The molecule has 0 aliphatic heterocycles. The molecule has 0 unspecified atom stereocenters. The van der Waals surface area contributed by atoms with Crippen molar-refractivity contribution in [3.63, 3.8) is 0 Å². The van der Waals surface area contributed by atoms with E-state index in [1.165, 1.54) is 6.26 Å². The first kappa shape index (κ1) is 16.6. The minimum absolute atomic E-state index is 0.0891. The second-order valence-electron chi connectivity index (χ2n) is 5.53. The third kappa shape index (κ3) is 3.47. The SMILES string of the molecule is CS(=O)(=O)C1=C2C=CCCC2=C(C(=O)Sc2ccc(Cl)cc2)C1. The van der Waals surface area contributed by atoms with Gasteiger partial charge in [0.2, 0.25) is 5.12 Å². The highest BCUT2D eigenvalue weighted by atomic mass is 35.5. The number of benzene rings is 1. The number of carbonyl (C=O) groups is 1. The van der Waals surface area contributed by atoms with E-state index in [-0.39, 0.29) is 11.5 Å². The van der Waals surface area contributed by atoms with E-state index in [9.17, 15) is 13.2 Å². The van der Waals surface area contributed by atoms with Gasteiger partial charge in [-0.05, 0) is 60.0 Å². The highest BCUT2D eigenvalue weighted by molar-refractivity contribution is 8.14. The van der Waals surface area contributed by atoms with Crippen molar-refractivity contribution in [3.05, 3.63) is 63.1 Å². The van der Waals surface area contributed by atoms with Crippen LogP contribution in [0.4, 0.5) is 0 Å². The fourth-order valence-electron chi connectivity index (χ4n) is 2.80. The molecular weight excluding hydrogens is 352 g/mol. The predicted molar refractivity (Wildman–Crippen MR) is 94.2 cm³/mol. The standard InChI is InChI=1S/C17H15ClO3S2/c1-23(20,21)16-10-15(13-4-2-3-5-14(13)16)17(19)22-12-8-6-11(18)7-9-12/h3,5-9H,2,4,10H2,1H3. The Balaban J connectivity index is 1.90. The summed E-state index contributed by atoms with van der Waals surface area (Å²) in [5, 5.41) is 0.527. The first-order valence-electron chi connectivity index (χ1n) is 7.16. The number of allylic oxidation sites excluding steroid dienone is 5. The van der Waals surface area contributed by atoms with Crippen LogP contribution in [-0.2, 0) is 14.6 Å². The molecule has 0 saturated carbocycles. The molecule has 0 fully saturated rings. The predicted octanol–water partition coefficient (Wildman–Crippen LogP) is 4.31. The molecule has 0 aromatic heterocycles. The Morgan fingerprint density at radius 3 is 2.57 bits per heavy atom. The van der Waals surface area contributed by atoms with Crippen molar-refractivity contribution < 1.29 is 13.2 Å². The smallest absolute Gasteiger partial charge is 0.220 e. The van der Waals surface area contributed by atoms with Gasteiger partial charge in [0.05, 0.1) is 4.91 Å². The Kier molecular flexibility index (Phi) is 4.54. The molecule has 1 aromatic rings. The van der Waals surface area contributed by atoms with Gasteiger partial charge in [0.1, 0.15) is 0 Å². The zero-order valence-electron chi connectivity index (χ0n) is 12.5. The molecule has 2 aliphatic rings. The van der Waals surface area contributed by atoms with Crippen LogP contribution < -0.4 is 0 Å². The van der Waals surface area contributed by atoms with Crippen LogP contribution >= 0.6 is 23.4 Å². The van der Waals surface area contributed by atoms with Crippen LogP contribution in [0.15, 0.2) is 62.9 Å². The van der Waals surface area contributed by atoms with Crippen LogP contribution in [0, 0.1) is 0 Å². The number of fused-ring (bicyclic) bond motifs is 1. The second-order valence-corrected chi connectivity index (χ2v) is 9.05. The van der Waals surface area contributed by atoms with Gasteiger partial charge in [0.15, 0.2) is 9.84 Å². The van der Waals surface area contributed by atoms with Crippen LogP contribution in [0.2, 0.25) is 5.02 Å². The minimum Gasteiger partial charge on any atom is -0.282 e. The van der Waals surface area contributed by atoms with Crippen LogP contribution in [0.3, 0.4) is 0 Å². The molecule has 3 rings (SSSR count). The van der Waals surface area contributed by atoms with E-state index in [0.29, 0.717) is 21.9 Å². The number of hydrogen-bond donors (Lipinski definition) is 0. The van der Waals surface area contributed by atoms with E-state index < -0.39 is 9.84 Å². The molecule has 0 saturated heterocycles. The maximum Gasteiger partial charge on any atom is 0.220 e. The molecule has 1 aromatic carbocycles. The Labute approximate surface area is 145 Å². The highest BCUT2D eigenvalue weighted by Gasteiger charge is 2.32. The van der Waals surface area contributed by atoms with Crippen LogP contribution in [0.25, 0.3) is 0 Å². The zero-order chi connectivity index (χ0) is 16.6. The van der Waals surface area contributed by atoms with Gasteiger partial charge in [0, 0.05) is 28.2 Å². The van der Waals surface area contributed by atoms with E-state index in [4.69, 9.17) is 11.6 Å². The zero-order valence-corrected chi connectivity index (χ0v) is 14.9. The lowest BCUT2D eigenvalue weighted by atomic mass is 9.96. The normalized spacial score (nSPS) is 17.7. The van der Waals surface area contributed by atoms with Gasteiger partial charge in [-0.15, -0.1) is 0 Å². The molecule has 2 aliphatic carbocycles. The van der Waals surface area contributed by atoms with E-state index in [1.807, 2.05) is 12.2 Å². The Morgan fingerprint density at radius 1 is 1.22 bits per heavy atom. The third-order valence-corrected chi connectivity index (χ3v) is 6.34. The highest BCUT2D eigenvalue weighted by Crippen LogP contribution is 2.42. The molecule has 120 valence electrons. The lowest BCUT2D eigenvalue weighted by Crippen LogP contribution is -2.03. The molecule has 0 bridgehead atoms. The summed E-state index contributed by atoms with van der Waals surface area (Å²) in [6.07, 6.45) is 6.75. The van der Waals surface area contributed by atoms with E-state index in [2.05, 4.69) is 0 Å². The number of carbonyl (C=O) groups excluding carboxylic acids is 1. The largest absolute Gasteiger partial charge is 0.282 e. The lowest BCUT2D eigenvalue weighted by molar-refractivity contribution is -0.108. The van der Waals surface area contributed by atoms with Gasteiger partial charge >= 0.3 is 0 Å². The monoisotopic (exact) mass is 366 g/mol. The summed E-state index contributed by atoms with van der Waals surface area (Å²) in [7, 11) is -3.31. The lowest BCUT2D eigenvalue weighted by Gasteiger charge is -2.12. The molecule has 6 heteroatoms. The Morgan fingerprint density at radius 2 is 1.91 bits per heavy atom. The minimum atomic E-state index is -3.31. The molecule has 0 spiro atoms. The Hall–Kier alpha value is -1.30. The molecule has 0 atom stereocenters. The summed E-state index contributed by atoms with van der Waals surface area (Å²) in [5.41, 5.74) is 2.22. The van der Waals surface area contributed by atoms with Gasteiger partial charge in [-0.3, -0.25) is 4.79 Å². The van der Waals surface area contributed by atoms with Crippen molar-refractivity contribution in [1.29, 1.82) is 0 Å². The van der Waals surface area contributed by atoms with Crippen LogP contribution in [0.5, 0.6) is 0 Å². The average molecular weight is 367 g/mol. The topological polar surface area (TPSA) is 51.2 Å². The molecular formula is C17H15ClO3S2. The quantitative estimate of drug-likeness (QED) is 0.748. The summed E-state index contributed by atoms with van der Waals surface area (Å²) in [4.78, 5) is 13.8. The van der Waals surface area contributed by atoms with E-state index in [1.54, 1.807) is 24.3 Å². The first-order chi connectivity index (χ1) is 10.9. The molecule has 3 nitrogen and oxygen atoms in total.